The molecule has 17 heavy (non-hydrogen) atoms. The molecule has 2 fully saturated rings. The van der Waals surface area contributed by atoms with Crippen LogP contribution in [0.3, 0.4) is 0 Å². The van der Waals surface area contributed by atoms with Crippen molar-refractivity contribution in [2.24, 2.45) is 22.7 Å². The van der Waals surface area contributed by atoms with Gasteiger partial charge in [-0.3, -0.25) is 0 Å². The van der Waals surface area contributed by atoms with E-state index in [0.717, 1.165) is 12.8 Å². The summed E-state index contributed by atoms with van der Waals surface area (Å²) in [6.07, 6.45) is 2.98. The van der Waals surface area contributed by atoms with Crippen LogP contribution in [0.25, 0.3) is 0 Å². The molecule has 2 aliphatic carbocycles. The highest BCUT2D eigenvalue weighted by Crippen LogP contribution is 2.69. The minimum Gasteiger partial charge on any atom is -0.396 e. The van der Waals surface area contributed by atoms with E-state index in [4.69, 9.17) is 9.84 Å². The molecule has 2 saturated carbocycles. The first-order valence-corrected chi connectivity index (χ1v) is 6.74. The summed E-state index contributed by atoms with van der Waals surface area (Å²) < 4.78 is 5.81. The highest BCUT2D eigenvalue weighted by Gasteiger charge is 2.69. The van der Waals surface area contributed by atoms with E-state index in [-0.39, 0.29) is 23.4 Å². The fourth-order valence-electron chi connectivity index (χ4n) is 3.76. The Morgan fingerprint density at radius 1 is 1.35 bits per heavy atom. The normalized spacial score (nSPS) is 45.2. The first kappa shape index (κ1) is 13.3. The van der Waals surface area contributed by atoms with Crippen LogP contribution in [-0.2, 0) is 4.74 Å². The molecule has 2 N–H and O–H groups in total. The molecule has 0 radical (unpaired) electrons. The maximum absolute atomic E-state index is 10.8. The highest BCUT2D eigenvalue weighted by molar-refractivity contribution is 5.14. The molecule has 0 aromatic carbocycles. The van der Waals surface area contributed by atoms with Crippen LogP contribution >= 0.6 is 0 Å². The van der Waals surface area contributed by atoms with Gasteiger partial charge in [-0.25, -0.2) is 0 Å². The van der Waals surface area contributed by atoms with E-state index < -0.39 is 5.79 Å². The molecule has 100 valence electrons. The van der Waals surface area contributed by atoms with Gasteiger partial charge in [0.2, 0.25) is 0 Å². The molecule has 4 unspecified atom stereocenters. The lowest BCUT2D eigenvalue weighted by atomic mass is 9.68. The fourth-order valence-corrected chi connectivity index (χ4v) is 3.76. The van der Waals surface area contributed by atoms with Crippen LogP contribution < -0.4 is 0 Å². The van der Waals surface area contributed by atoms with Crippen LogP contribution in [0.4, 0.5) is 0 Å². The first-order chi connectivity index (χ1) is 7.77. The molecule has 0 aromatic rings. The van der Waals surface area contributed by atoms with Crippen molar-refractivity contribution in [2.45, 2.75) is 52.7 Å². The van der Waals surface area contributed by atoms with Crippen molar-refractivity contribution < 1.29 is 14.9 Å². The molecule has 0 spiro atoms. The van der Waals surface area contributed by atoms with Crippen molar-refractivity contribution in [2.75, 3.05) is 13.2 Å². The summed E-state index contributed by atoms with van der Waals surface area (Å²) in [6, 6.07) is 0. The van der Waals surface area contributed by atoms with Gasteiger partial charge in [0, 0.05) is 24.4 Å². The minimum atomic E-state index is -0.997. The van der Waals surface area contributed by atoms with Crippen LogP contribution in [0.1, 0.15) is 47.0 Å². The zero-order valence-corrected chi connectivity index (χ0v) is 11.5. The molecular weight excluding hydrogens is 216 g/mol. The van der Waals surface area contributed by atoms with Crippen molar-refractivity contribution >= 4 is 0 Å². The maximum Gasteiger partial charge on any atom is 0.171 e. The van der Waals surface area contributed by atoms with Crippen molar-refractivity contribution in [3.05, 3.63) is 0 Å². The van der Waals surface area contributed by atoms with E-state index in [9.17, 15) is 5.11 Å². The van der Waals surface area contributed by atoms with Crippen LogP contribution in [-0.4, -0.2) is 29.2 Å². The third kappa shape index (κ3) is 1.66. The molecule has 0 heterocycles. The number of rotatable bonds is 4. The topological polar surface area (TPSA) is 49.7 Å². The highest BCUT2D eigenvalue weighted by atomic mass is 16.6. The number of ether oxygens (including phenoxy) is 1. The third-order valence-electron chi connectivity index (χ3n) is 5.74. The molecule has 0 aromatic heterocycles. The van der Waals surface area contributed by atoms with Gasteiger partial charge >= 0.3 is 0 Å². The summed E-state index contributed by atoms with van der Waals surface area (Å²) in [7, 11) is 0. The van der Waals surface area contributed by atoms with Crippen molar-refractivity contribution in [1.29, 1.82) is 0 Å². The number of fused-ring (bicyclic) bond motifs is 2. The lowest BCUT2D eigenvalue weighted by Crippen LogP contribution is -2.49. The Labute approximate surface area is 104 Å². The van der Waals surface area contributed by atoms with Gasteiger partial charge in [-0.2, -0.15) is 0 Å². The fraction of sp³-hybridized carbons (Fsp3) is 1.00. The second-order valence-corrected chi connectivity index (χ2v) is 6.88. The van der Waals surface area contributed by atoms with E-state index >= 15 is 0 Å². The van der Waals surface area contributed by atoms with Gasteiger partial charge in [0.25, 0.3) is 0 Å². The summed E-state index contributed by atoms with van der Waals surface area (Å²) in [5.74, 6) is -0.352. The molecule has 3 heteroatoms. The Bertz CT molecular complexity index is 302. The standard InChI is InChI=1S/C14H26O3/c1-10(8-15)9-17-14(16)7-11-5-6-13(14,4)12(11,2)3/h10-11,15-16H,5-9H2,1-4H3. The number of aliphatic hydroxyl groups is 2. The van der Waals surface area contributed by atoms with E-state index in [1.54, 1.807) is 0 Å². The molecule has 2 aliphatic rings. The van der Waals surface area contributed by atoms with Crippen molar-refractivity contribution in [3.8, 4) is 0 Å². The Hall–Kier alpha value is -0.120. The molecule has 0 saturated heterocycles. The van der Waals surface area contributed by atoms with Crippen LogP contribution in [0.15, 0.2) is 0 Å². The van der Waals surface area contributed by atoms with Crippen molar-refractivity contribution in [3.63, 3.8) is 0 Å². The van der Waals surface area contributed by atoms with E-state index in [0.29, 0.717) is 12.5 Å². The zero-order valence-electron chi connectivity index (χ0n) is 11.5. The van der Waals surface area contributed by atoms with Gasteiger partial charge in [-0.1, -0.05) is 27.7 Å². The van der Waals surface area contributed by atoms with E-state index in [2.05, 4.69) is 20.8 Å². The summed E-state index contributed by atoms with van der Waals surface area (Å²) >= 11 is 0. The second-order valence-electron chi connectivity index (χ2n) is 6.88. The molecule has 3 nitrogen and oxygen atoms in total. The zero-order chi connectivity index (χ0) is 12.9. The summed E-state index contributed by atoms with van der Waals surface area (Å²) in [4.78, 5) is 0. The number of aliphatic hydroxyl groups excluding tert-OH is 1. The predicted octanol–water partition coefficient (Wildman–Crippen LogP) is 2.17. The SMILES string of the molecule is CC(CO)COC1(O)CC2CCC1(C)C2(C)C. The van der Waals surface area contributed by atoms with Gasteiger partial charge < -0.3 is 14.9 Å². The van der Waals surface area contributed by atoms with Gasteiger partial charge in [0.05, 0.1) is 6.61 Å². The average Bonchev–Trinajstić information content (AvgIpc) is 2.58. The molecule has 4 atom stereocenters. The molecule has 2 bridgehead atoms. The number of hydrogen-bond donors (Lipinski definition) is 2. The Kier molecular flexibility index (Phi) is 3.08. The lowest BCUT2D eigenvalue weighted by molar-refractivity contribution is -0.277. The Balaban J connectivity index is 2.12. The van der Waals surface area contributed by atoms with Crippen LogP contribution in [0.5, 0.6) is 0 Å². The second kappa shape index (κ2) is 3.94. The molecular formula is C14H26O3. The average molecular weight is 242 g/mol. The summed E-state index contributed by atoms with van der Waals surface area (Å²) in [5, 5.41) is 19.8. The monoisotopic (exact) mass is 242 g/mol. The van der Waals surface area contributed by atoms with Gasteiger partial charge in [-0.15, -0.1) is 0 Å². The Morgan fingerprint density at radius 2 is 2.00 bits per heavy atom. The van der Waals surface area contributed by atoms with Gasteiger partial charge in [0.1, 0.15) is 0 Å². The molecule has 0 amide bonds. The van der Waals surface area contributed by atoms with E-state index in [1.165, 1.54) is 6.42 Å². The first-order valence-electron chi connectivity index (χ1n) is 6.74. The molecule has 2 rings (SSSR count). The Morgan fingerprint density at radius 3 is 2.41 bits per heavy atom. The maximum atomic E-state index is 10.8. The molecule has 0 aliphatic heterocycles. The van der Waals surface area contributed by atoms with E-state index in [1.807, 2.05) is 6.92 Å². The minimum absolute atomic E-state index is 0.0878. The largest absolute Gasteiger partial charge is 0.396 e. The summed E-state index contributed by atoms with van der Waals surface area (Å²) in [5.41, 5.74) is -0.00988. The number of hydrogen-bond acceptors (Lipinski definition) is 3. The lowest BCUT2D eigenvalue weighted by Gasteiger charge is -2.45. The van der Waals surface area contributed by atoms with Crippen LogP contribution in [0, 0.1) is 22.7 Å². The smallest absolute Gasteiger partial charge is 0.171 e. The third-order valence-corrected chi connectivity index (χ3v) is 5.74. The summed E-state index contributed by atoms with van der Waals surface area (Å²) in [6.45, 7) is 9.14. The predicted molar refractivity (Wildman–Crippen MR) is 66.4 cm³/mol. The van der Waals surface area contributed by atoms with Gasteiger partial charge in [0.15, 0.2) is 5.79 Å². The van der Waals surface area contributed by atoms with Crippen molar-refractivity contribution in [1.82, 2.24) is 0 Å². The van der Waals surface area contributed by atoms with Crippen LogP contribution in [0.2, 0.25) is 0 Å². The van der Waals surface area contributed by atoms with Gasteiger partial charge in [-0.05, 0) is 24.2 Å². The quantitative estimate of drug-likeness (QED) is 0.743.